The van der Waals surface area contributed by atoms with Gasteiger partial charge in [0, 0.05) is 18.5 Å². The van der Waals surface area contributed by atoms with Crippen LogP contribution in [0.15, 0.2) is 51.5 Å². The molecule has 128 valence electrons. The van der Waals surface area contributed by atoms with E-state index < -0.39 is 0 Å². The van der Waals surface area contributed by atoms with E-state index in [1.54, 1.807) is 6.07 Å². The second-order valence-electron chi connectivity index (χ2n) is 6.05. The molecule has 1 amide bonds. The van der Waals surface area contributed by atoms with Crippen LogP contribution >= 0.6 is 0 Å². The molecule has 4 rings (SSSR count). The first-order chi connectivity index (χ1) is 12.2. The smallest absolute Gasteiger partial charge is 0.297 e. The first-order valence-electron chi connectivity index (χ1n) is 8.24. The molecule has 3 aromatic rings. The maximum absolute atomic E-state index is 12.6. The zero-order chi connectivity index (χ0) is 17.2. The fraction of sp³-hybridized carbons (Fsp3) is 0.278. The number of carbonyl (C=O) groups is 1. The number of nitrogens with zero attached hydrogens (tertiary/aromatic N) is 2. The van der Waals surface area contributed by atoms with Gasteiger partial charge in [-0.2, -0.15) is 0 Å². The SMILES string of the molecule is O=C(Cn1cnc2c(oc3ccccc32)c1=O)NCC1=CCNCC1. The number of benzene rings is 1. The molecule has 0 saturated heterocycles. The van der Waals surface area contributed by atoms with E-state index in [0.717, 1.165) is 24.9 Å². The van der Waals surface area contributed by atoms with Gasteiger partial charge in [-0.3, -0.25) is 14.2 Å². The van der Waals surface area contributed by atoms with Gasteiger partial charge in [-0.15, -0.1) is 0 Å². The standard InChI is InChI=1S/C18H18N4O3/c23-15(20-9-12-5-7-19-8-6-12)10-22-11-21-16-13-3-1-2-4-14(13)25-17(16)18(22)24/h1-5,11,19H,6-10H2,(H,20,23). The molecule has 0 spiro atoms. The van der Waals surface area contributed by atoms with Crippen molar-refractivity contribution in [3.05, 3.63) is 52.6 Å². The summed E-state index contributed by atoms with van der Waals surface area (Å²) >= 11 is 0. The summed E-state index contributed by atoms with van der Waals surface area (Å²) in [7, 11) is 0. The Labute approximate surface area is 143 Å². The van der Waals surface area contributed by atoms with Crippen LogP contribution in [-0.2, 0) is 11.3 Å². The Morgan fingerprint density at radius 1 is 1.36 bits per heavy atom. The summed E-state index contributed by atoms with van der Waals surface area (Å²) in [5.41, 5.74) is 2.17. The predicted octanol–water partition coefficient (Wildman–Crippen LogP) is 1.18. The highest BCUT2D eigenvalue weighted by molar-refractivity contribution is 6.01. The molecule has 1 aliphatic rings. The summed E-state index contributed by atoms with van der Waals surface area (Å²) < 4.78 is 6.89. The van der Waals surface area contributed by atoms with Crippen molar-refractivity contribution in [1.82, 2.24) is 20.2 Å². The highest BCUT2D eigenvalue weighted by Gasteiger charge is 2.14. The van der Waals surface area contributed by atoms with Crippen LogP contribution in [0, 0.1) is 0 Å². The molecule has 2 aromatic heterocycles. The lowest BCUT2D eigenvalue weighted by molar-refractivity contribution is -0.121. The van der Waals surface area contributed by atoms with Crippen molar-refractivity contribution >= 4 is 28.0 Å². The number of rotatable bonds is 4. The summed E-state index contributed by atoms with van der Waals surface area (Å²) in [5.74, 6) is -0.223. The van der Waals surface area contributed by atoms with Crippen molar-refractivity contribution in [2.24, 2.45) is 0 Å². The molecule has 25 heavy (non-hydrogen) atoms. The molecular formula is C18H18N4O3. The molecule has 0 atom stereocenters. The molecule has 0 unspecified atom stereocenters. The Morgan fingerprint density at radius 3 is 3.08 bits per heavy atom. The van der Waals surface area contributed by atoms with Crippen LogP contribution in [0.25, 0.3) is 22.1 Å². The van der Waals surface area contributed by atoms with Crippen LogP contribution in [0.2, 0.25) is 0 Å². The average Bonchev–Trinajstić information content (AvgIpc) is 3.03. The molecule has 0 fully saturated rings. The van der Waals surface area contributed by atoms with Crippen molar-refractivity contribution in [1.29, 1.82) is 0 Å². The third-order valence-corrected chi connectivity index (χ3v) is 4.34. The van der Waals surface area contributed by atoms with E-state index in [9.17, 15) is 9.59 Å². The molecule has 0 saturated carbocycles. The van der Waals surface area contributed by atoms with Crippen LogP contribution in [0.3, 0.4) is 0 Å². The van der Waals surface area contributed by atoms with Gasteiger partial charge in [-0.25, -0.2) is 4.98 Å². The average molecular weight is 338 g/mol. The molecule has 2 N–H and O–H groups in total. The quantitative estimate of drug-likeness (QED) is 0.697. The minimum absolute atomic E-state index is 0.0790. The minimum Gasteiger partial charge on any atom is -0.448 e. The Hall–Kier alpha value is -2.93. The normalized spacial score (nSPS) is 14.6. The zero-order valence-electron chi connectivity index (χ0n) is 13.6. The fourth-order valence-corrected chi connectivity index (χ4v) is 2.98. The number of aromatic nitrogens is 2. The maximum atomic E-state index is 12.6. The first kappa shape index (κ1) is 15.6. The largest absolute Gasteiger partial charge is 0.448 e. The monoisotopic (exact) mass is 338 g/mol. The van der Waals surface area contributed by atoms with Gasteiger partial charge in [0.25, 0.3) is 5.56 Å². The van der Waals surface area contributed by atoms with Crippen LogP contribution in [0.5, 0.6) is 0 Å². The Kier molecular flexibility index (Phi) is 4.07. The van der Waals surface area contributed by atoms with Crippen molar-refractivity contribution < 1.29 is 9.21 Å². The highest BCUT2D eigenvalue weighted by Crippen LogP contribution is 2.23. The predicted molar refractivity (Wildman–Crippen MR) is 94.4 cm³/mol. The van der Waals surface area contributed by atoms with Crippen molar-refractivity contribution in [3.8, 4) is 0 Å². The van der Waals surface area contributed by atoms with Crippen molar-refractivity contribution in [3.63, 3.8) is 0 Å². The Morgan fingerprint density at radius 2 is 2.24 bits per heavy atom. The topological polar surface area (TPSA) is 89.2 Å². The van der Waals surface area contributed by atoms with Crippen LogP contribution < -0.4 is 16.2 Å². The van der Waals surface area contributed by atoms with E-state index in [-0.39, 0.29) is 23.6 Å². The third kappa shape index (κ3) is 3.06. The molecule has 1 aromatic carbocycles. The van der Waals surface area contributed by atoms with E-state index >= 15 is 0 Å². The number of hydrogen-bond donors (Lipinski definition) is 2. The van der Waals surface area contributed by atoms with Gasteiger partial charge in [0.2, 0.25) is 11.5 Å². The third-order valence-electron chi connectivity index (χ3n) is 4.34. The van der Waals surface area contributed by atoms with Crippen LogP contribution in [-0.4, -0.2) is 35.1 Å². The Balaban J connectivity index is 1.54. The summed E-state index contributed by atoms with van der Waals surface area (Å²) in [4.78, 5) is 29.0. The van der Waals surface area contributed by atoms with Gasteiger partial charge in [0.1, 0.15) is 17.6 Å². The second-order valence-corrected chi connectivity index (χ2v) is 6.05. The lowest BCUT2D eigenvalue weighted by Crippen LogP contribution is -2.34. The number of furan rings is 1. The fourth-order valence-electron chi connectivity index (χ4n) is 2.98. The van der Waals surface area contributed by atoms with Crippen molar-refractivity contribution in [2.75, 3.05) is 19.6 Å². The molecule has 7 nitrogen and oxygen atoms in total. The van der Waals surface area contributed by atoms with Gasteiger partial charge in [0.05, 0.1) is 6.33 Å². The number of amides is 1. The lowest BCUT2D eigenvalue weighted by atomic mass is 10.1. The number of para-hydroxylation sites is 1. The summed E-state index contributed by atoms with van der Waals surface area (Å²) in [6, 6.07) is 7.36. The van der Waals surface area contributed by atoms with Gasteiger partial charge in [-0.05, 0) is 25.1 Å². The van der Waals surface area contributed by atoms with Crippen molar-refractivity contribution in [2.45, 2.75) is 13.0 Å². The number of carbonyl (C=O) groups excluding carboxylic acids is 1. The van der Waals surface area contributed by atoms with Crippen LogP contribution in [0.1, 0.15) is 6.42 Å². The second kappa shape index (κ2) is 6.52. The van der Waals surface area contributed by atoms with E-state index in [2.05, 4.69) is 21.7 Å². The van der Waals surface area contributed by atoms with Crippen LogP contribution in [0.4, 0.5) is 0 Å². The highest BCUT2D eigenvalue weighted by atomic mass is 16.3. The van der Waals surface area contributed by atoms with E-state index in [4.69, 9.17) is 4.42 Å². The number of hydrogen-bond acceptors (Lipinski definition) is 5. The molecular weight excluding hydrogens is 320 g/mol. The molecule has 3 heterocycles. The molecule has 7 heteroatoms. The van der Waals surface area contributed by atoms with Gasteiger partial charge in [-0.1, -0.05) is 23.8 Å². The molecule has 0 bridgehead atoms. The summed E-state index contributed by atoms with van der Waals surface area (Å²) in [6.45, 7) is 2.19. The van der Waals surface area contributed by atoms with E-state index in [1.807, 2.05) is 18.2 Å². The van der Waals surface area contributed by atoms with E-state index in [0.29, 0.717) is 17.6 Å². The Bertz CT molecular complexity index is 1030. The van der Waals surface area contributed by atoms with Gasteiger partial charge in [0.15, 0.2) is 0 Å². The van der Waals surface area contributed by atoms with E-state index in [1.165, 1.54) is 16.5 Å². The lowest BCUT2D eigenvalue weighted by Gasteiger charge is -2.14. The number of fused-ring (bicyclic) bond motifs is 3. The molecule has 0 radical (unpaired) electrons. The number of nitrogens with one attached hydrogen (secondary N) is 2. The molecule has 1 aliphatic heterocycles. The summed E-state index contributed by atoms with van der Waals surface area (Å²) in [6.07, 6.45) is 4.40. The first-order valence-corrected chi connectivity index (χ1v) is 8.24. The van der Waals surface area contributed by atoms with Gasteiger partial charge >= 0.3 is 0 Å². The zero-order valence-corrected chi connectivity index (χ0v) is 13.6. The van der Waals surface area contributed by atoms with Gasteiger partial charge < -0.3 is 15.1 Å². The summed E-state index contributed by atoms with van der Waals surface area (Å²) in [5, 5.41) is 6.87. The minimum atomic E-state index is -0.350. The maximum Gasteiger partial charge on any atom is 0.297 e. The molecule has 0 aliphatic carbocycles.